The molecule has 3 N–H and O–H groups in total. The third-order valence-electron chi connectivity index (χ3n) is 3.07. The van der Waals surface area contributed by atoms with Crippen molar-refractivity contribution in [3.05, 3.63) is 24.3 Å². The molecule has 1 fully saturated rings. The van der Waals surface area contributed by atoms with Gasteiger partial charge in [0.1, 0.15) is 0 Å². The van der Waals surface area contributed by atoms with Crippen molar-refractivity contribution >= 4 is 23.2 Å². The molecule has 0 bridgehead atoms. The molecule has 18 heavy (non-hydrogen) atoms. The molecule has 0 atom stereocenters. The van der Waals surface area contributed by atoms with Crippen LogP contribution in [0.5, 0.6) is 0 Å². The number of nitrogens with zero attached hydrogens (tertiary/aromatic N) is 1. The molecule has 1 aliphatic rings. The maximum Gasteiger partial charge on any atom is 0.313 e. The molecule has 0 spiro atoms. The van der Waals surface area contributed by atoms with Gasteiger partial charge in [-0.05, 0) is 43.5 Å². The van der Waals surface area contributed by atoms with Crippen molar-refractivity contribution in [1.82, 2.24) is 0 Å². The molecule has 0 radical (unpaired) electrons. The quantitative estimate of drug-likeness (QED) is 0.768. The molecule has 96 valence electrons. The first-order chi connectivity index (χ1) is 8.66. The van der Waals surface area contributed by atoms with Crippen LogP contribution in [0.25, 0.3) is 0 Å². The highest BCUT2D eigenvalue weighted by Gasteiger charge is 2.12. The van der Waals surface area contributed by atoms with Crippen LogP contribution >= 0.6 is 0 Å². The monoisotopic (exact) mass is 247 g/mol. The van der Waals surface area contributed by atoms with E-state index >= 15 is 0 Å². The number of amides is 2. The lowest BCUT2D eigenvalue weighted by Gasteiger charge is -2.28. The fourth-order valence-corrected chi connectivity index (χ4v) is 2.10. The molecule has 1 aromatic rings. The van der Waals surface area contributed by atoms with Crippen molar-refractivity contribution in [2.45, 2.75) is 19.3 Å². The number of carbonyl (C=O) groups is 2. The Bertz CT molecular complexity index is 436. The summed E-state index contributed by atoms with van der Waals surface area (Å²) in [6.07, 6.45) is 3.74. The summed E-state index contributed by atoms with van der Waals surface area (Å²) >= 11 is 0. The van der Waals surface area contributed by atoms with Gasteiger partial charge in [-0.2, -0.15) is 0 Å². The van der Waals surface area contributed by atoms with E-state index in [0.29, 0.717) is 5.69 Å². The number of nitrogens with one attached hydrogen (secondary N) is 1. The fraction of sp³-hybridized carbons (Fsp3) is 0.385. The average Bonchev–Trinajstić information content (AvgIpc) is 2.40. The van der Waals surface area contributed by atoms with Crippen LogP contribution in [-0.2, 0) is 9.59 Å². The van der Waals surface area contributed by atoms with Crippen molar-refractivity contribution in [3.63, 3.8) is 0 Å². The summed E-state index contributed by atoms with van der Waals surface area (Å²) in [6, 6.07) is 7.46. The van der Waals surface area contributed by atoms with Crippen molar-refractivity contribution < 1.29 is 9.59 Å². The molecule has 5 heteroatoms. The minimum absolute atomic E-state index is 0.583. The Morgan fingerprint density at radius 1 is 1.06 bits per heavy atom. The third-order valence-corrected chi connectivity index (χ3v) is 3.07. The van der Waals surface area contributed by atoms with Gasteiger partial charge in [0.25, 0.3) is 0 Å². The highest BCUT2D eigenvalue weighted by atomic mass is 16.2. The standard InChI is InChI=1S/C13H17N3O2/c14-12(17)13(18)15-10-4-6-11(7-5-10)16-8-2-1-3-9-16/h4-7H,1-3,8-9H2,(H2,14,17)(H,15,18). The maximum absolute atomic E-state index is 11.1. The van der Waals surface area contributed by atoms with Crippen molar-refractivity contribution in [2.24, 2.45) is 5.73 Å². The Morgan fingerprint density at radius 2 is 1.67 bits per heavy atom. The summed E-state index contributed by atoms with van der Waals surface area (Å²) in [5.74, 6) is -1.77. The summed E-state index contributed by atoms with van der Waals surface area (Å²) in [5, 5.41) is 2.44. The molecule has 2 amide bonds. The second kappa shape index (κ2) is 5.53. The number of nitrogens with two attached hydrogens (primary N) is 1. The predicted octanol–water partition coefficient (Wildman–Crippen LogP) is 1.10. The third kappa shape index (κ3) is 3.00. The molecule has 1 saturated heterocycles. The second-order valence-electron chi connectivity index (χ2n) is 4.41. The first kappa shape index (κ1) is 12.4. The summed E-state index contributed by atoms with van der Waals surface area (Å²) in [7, 11) is 0. The van der Waals surface area contributed by atoms with Crippen molar-refractivity contribution in [1.29, 1.82) is 0 Å². The smallest absolute Gasteiger partial charge is 0.313 e. The van der Waals surface area contributed by atoms with Crippen LogP contribution in [0.15, 0.2) is 24.3 Å². The molecule has 0 aliphatic carbocycles. The Labute approximate surface area is 106 Å². The van der Waals surface area contributed by atoms with Crippen LogP contribution < -0.4 is 16.0 Å². The number of hydrogen-bond acceptors (Lipinski definition) is 3. The topological polar surface area (TPSA) is 75.4 Å². The molecular weight excluding hydrogens is 230 g/mol. The van der Waals surface area contributed by atoms with E-state index in [0.717, 1.165) is 18.8 Å². The Kier molecular flexibility index (Phi) is 3.82. The lowest BCUT2D eigenvalue weighted by molar-refractivity contribution is -0.134. The van der Waals surface area contributed by atoms with Gasteiger partial charge in [0.05, 0.1) is 0 Å². The van der Waals surface area contributed by atoms with E-state index in [4.69, 9.17) is 5.73 Å². The molecule has 0 unspecified atom stereocenters. The number of benzene rings is 1. The van der Waals surface area contributed by atoms with Crippen LogP contribution in [0, 0.1) is 0 Å². The molecule has 1 aromatic carbocycles. The van der Waals surface area contributed by atoms with Crippen LogP contribution in [0.2, 0.25) is 0 Å². The predicted molar refractivity (Wildman–Crippen MR) is 70.3 cm³/mol. The van der Waals surface area contributed by atoms with E-state index < -0.39 is 11.8 Å². The van der Waals surface area contributed by atoms with Gasteiger partial charge in [-0.1, -0.05) is 0 Å². The molecular formula is C13H17N3O2. The van der Waals surface area contributed by atoms with E-state index in [2.05, 4.69) is 10.2 Å². The second-order valence-corrected chi connectivity index (χ2v) is 4.41. The summed E-state index contributed by atoms with van der Waals surface area (Å²) in [6.45, 7) is 2.15. The van der Waals surface area contributed by atoms with E-state index in [1.807, 2.05) is 12.1 Å². The lowest BCUT2D eigenvalue weighted by Crippen LogP contribution is -2.30. The number of carbonyl (C=O) groups excluding carboxylic acids is 2. The zero-order valence-electron chi connectivity index (χ0n) is 10.2. The lowest BCUT2D eigenvalue weighted by atomic mass is 10.1. The number of rotatable bonds is 2. The van der Waals surface area contributed by atoms with E-state index in [1.54, 1.807) is 12.1 Å². The molecule has 1 heterocycles. The van der Waals surface area contributed by atoms with Gasteiger partial charge in [0.2, 0.25) is 0 Å². The van der Waals surface area contributed by atoms with Crippen molar-refractivity contribution in [3.8, 4) is 0 Å². The molecule has 5 nitrogen and oxygen atoms in total. The highest BCUT2D eigenvalue weighted by molar-refractivity contribution is 6.39. The number of hydrogen-bond donors (Lipinski definition) is 2. The van der Waals surface area contributed by atoms with Gasteiger partial charge in [-0.3, -0.25) is 9.59 Å². The van der Waals surface area contributed by atoms with E-state index in [-0.39, 0.29) is 0 Å². The van der Waals surface area contributed by atoms with Crippen LogP contribution in [0.3, 0.4) is 0 Å². The molecule has 2 rings (SSSR count). The largest absolute Gasteiger partial charge is 0.372 e. The van der Waals surface area contributed by atoms with Gasteiger partial charge in [-0.15, -0.1) is 0 Å². The van der Waals surface area contributed by atoms with Crippen molar-refractivity contribution in [2.75, 3.05) is 23.3 Å². The van der Waals surface area contributed by atoms with E-state index in [1.165, 1.54) is 19.3 Å². The summed E-state index contributed by atoms with van der Waals surface area (Å²) in [4.78, 5) is 24.0. The van der Waals surface area contributed by atoms with E-state index in [9.17, 15) is 9.59 Å². The minimum atomic E-state index is -0.977. The first-order valence-electron chi connectivity index (χ1n) is 6.12. The first-order valence-corrected chi connectivity index (χ1v) is 6.12. The van der Waals surface area contributed by atoms with Gasteiger partial charge in [-0.25, -0.2) is 0 Å². The maximum atomic E-state index is 11.1. The normalized spacial score (nSPS) is 15.2. The average molecular weight is 247 g/mol. The zero-order chi connectivity index (χ0) is 13.0. The van der Waals surface area contributed by atoms with Gasteiger partial charge >= 0.3 is 11.8 Å². The number of primary amides is 1. The molecule has 0 aromatic heterocycles. The van der Waals surface area contributed by atoms with Crippen LogP contribution in [0.4, 0.5) is 11.4 Å². The highest BCUT2D eigenvalue weighted by Crippen LogP contribution is 2.21. The molecule has 1 aliphatic heterocycles. The van der Waals surface area contributed by atoms with Gasteiger partial charge < -0.3 is 16.0 Å². The minimum Gasteiger partial charge on any atom is -0.372 e. The summed E-state index contributed by atoms with van der Waals surface area (Å²) in [5.41, 5.74) is 6.60. The summed E-state index contributed by atoms with van der Waals surface area (Å²) < 4.78 is 0. The SMILES string of the molecule is NC(=O)C(=O)Nc1ccc(N2CCCCC2)cc1. The zero-order valence-corrected chi connectivity index (χ0v) is 10.2. The Balaban J connectivity index is 2.00. The van der Waals surface area contributed by atoms with Crippen LogP contribution in [-0.4, -0.2) is 24.9 Å². The van der Waals surface area contributed by atoms with Gasteiger partial charge in [0, 0.05) is 24.5 Å². The Hall–Kier alpha value is -2.04. The Morgan fingerprint density at radius 3 is 2.22 bits per heavy atom. The van der Waals surface area contributed by atoms with Crippen LogP contribution in [0.1, 0.15) is 19.3 Å². The fourth-order valence-electron chi connectivity index (χ4n) is 2.10. The number of piperidine rings is 1. The molecule has 0 saturated carbocycles. The number of anilines is 2. The van der Waals surface area contributed by atoms with Gasteiger partial charge in [0.15, 0.2) is 0 Å².